The summed E-state index contributed by atoms with van der Waals surface area (Å²) in [5.74, 6) is 2.20. The van der Waals surface area contributed by atoms with Crippen LogP contribution in [0.25, 0.3) is 0 Å². The third-order valence-corrected chi connectivity index (χ3v) is 7.66. The summed E-state index contributed by atoms with van der Waals surface area (Å²) in [6.45, 7) is 2.09. The van der Waals surface area contributed by atoms with Crippen molar-refractivity contribution in [3.63, 3.8) is 0 Å². The molecule has 32 heavy (non-hydrogen) atoms. The number of nitrogens with one attached hydrogen (secondary N) is 1. The maximum atomic E-state index is 12.7. The molecule has 1 amide bonds. The van der Waals surface area contributed by atoms with Gasteiger partial charge >= 0.3 is 0 Å². The number of aromatic nitrogens is 3. The van der Waals surface area contributed by atoms with Crippen molar-refractivity contribution in [2.24, 2.45) is 0 Å². The molecule has 6 rings (SSSR count). The number of thioether (sulfide) groups is 1. The molecule has 0 radical (unpaired) electrons. The van der Waals surface area contributed by atoms with E-state index in [2.05, 4.69) is 25.0 Å². The summed E-state index contributed by atoms with van der Waals surface area (Å²) in [6, 6.07) is 6.13. The lowest BCUT2D eigenvalue weighted by Gasteiger charge is -2.31. The Hall–Kier alpha value is -2.42. The molecule has 2 aliphatic heterocycles. The molecule has 1 aromatic heterocycles. The van der Waals surface area contributed by atoms with E-state index in [0.717, 1.165) is 79.9 Å². The van der Waals surface area contributed by atoms with Crippen LogP contribution in [0.5, 0.6) is 11.5 Å². The SMILES string of the molecule is O=C(CSc1nnc(N2CCCC2)n1C1CC1)Nc1ccc2c(c1)OC1(CCCCC1)O2. The fourth-order valence-electron chi connectivity index (χ4n) is 4.95. The monoisotopic (exact) mass is 455 g/mol. The van der Waals surface area contributed by atoms with Crippen LogP contribution in [0, 0.1) is 0 Å². The van der Waals surface area contributed by atoms with E-state index < -0.39 is 5.79 Å². The highest BCUT2D eigenvalue weighted by Crippen LogP contribution is 2.46. The lowest BCUT2D eigenvalue weighted by molar-refractivity contribution is -0.113. The summed E-state index contributed by atoms with van der Waals surface area (Å²) < 4.78 is 14.6. The normalized spacial score (nSPS) is 21.3. The Bertz CT molecular complexity index is 1010. The van der Waals surface area contributed by atoms with Crippen LogP contribution in [0.4, 0.5) is 11.6 Å². The number of amides is 1. The van der Waals surface area contributed by atoms with E-state index in [1.54, 1.807) is 0 Å². The molecular weight excluding hydrogens is 426 g/mol. The summed E-state index contributed by atoms with van der Waals surface area (Å²) in [5.41, 5.74) is 0.729. The number of carbonyl (C=O) groups excluding carboxylic acids is 1. The maximum absolute atomic E-state index is 12.7. The largest absolute Gasteiger partial charge is 0.448 e. The summed E-state index contributed by atoms with van der Waals surface area (Å²) in [7, 11) is 0. The first-order valence-electron chi connectivity index (χ1n) is 11.8. The number of nitrogens with zero attached hydrogens (tertiary/aromatic N) is 4. The van der Waals surface area contributed by atoms with Crippen molar-refractivity contribution in [1.82, 2.24) is 14.8 Å². The molecule has 1 spiro atoms. The summed E-state index contributed by atoms with van der Waals surface area (Å²) in [5, 5.41) is 12.7. The van der Waals surface area contributed by atoms with Crippen molar-refractivity contribution >= 4 is 29.3 Å². The molecule has 8 nitrogen and oxygen atoms in total. The smallest absolute Gasteiger partial charge is 0.251 e. The fraction of sp³-hybridized carbons (Fsp3) is 0.609. The van der Waals surface area contributed by atoms with Gasteiger partial charge in [-0.2, -0.15) is 0 Å². The standard InChI is InChI=1S/C23H29N5O3S/c29-20(15-32-22-26-25-21(27-12-4-5-13-27)28(22)17-7-8-17)24-16-6-9-18-19(14-16)31-23(30-18)10-2-1-3-11-23/h6,9,14,17H,1-5,7-8,10-13,15H2,(H,24,29). The minimum absolute atomic E-state index is 0.0608. The number of carbonyl (C=O) groups is 1. The zero-order valence-corrected chi connectivity index (χ0v) is 19.0. The maximum Gasteiger partial charge on any atom is 0.251 e. The van der Waals surface area contributed by atoms with Gasteiger partial charge in [-0.25, -0.2) is 0 Å². The highest BCUT2D eigenvalue weighted by atomic mass is 32.2. The molecule has 1 aromatic carbocycles. The van der Waals surface area contributed by atoms with Crippen LogP contribution < -0.4 is 19.7 Å². The van der Waals surface area contributed by atoms with Gasteiger partial charge in [-0.1, -0.05) is 18.2 Å². The van der Waals surface area contributed by atoms with Crippen LogP contribution in [0.3, 0.4) is 0 Å². The minimum Gasteiger partial charge on any atom is -0.448 e. The van der Waals surface area contributed by atoms with Crippen molar-refractivity contribution in [1.29, 1.82) is 0 Å². The van der Waals surface area contributed by atoms with Crippen molar-refractivity contribution in [3.05, 3.63) is 18.2 Å². The van der Waals surface area contributed by atoms with E-state index in [4.69, 9.17) is 9.47 Å². The van der Waals surface area contributed by atoms with Crippen LogP contribution >= 0.6 is 11.8 Å². The number of benzene rings is 1. The third kappa shape index (κ3) is 3.91. The molecule has 2 aromatic rings. The highest BCUT2D eigenvalue weighted by molar-refractivity contribution is 7.99. The van der Waals surface area contributed by atoms with Crippen LogP contribution in [-0.2, 0) is 4.79 Å². The Morgan fingerprint density at radius 1 is 1.06 bits per heavy atom. The number of anilines is 2. The van der Waals surface area contributed by atoms with Crippen LogP contribution in [0.1, 0.15) is 63.8 Å². The zero-order valence-electron chi connectivity index (χ0n) is 18.2. The van der Waals surface area contributed by atoms with Gasteiger partial charge in [-0.3, -0.25) is 9.36 Å². The molecule has 1 N–H and O–H groups in total. The second-order valence-corrected chi connectivity index (χ2v) is 10.2. The van der Waals surface area contributed by atoms with E-state index in [0.29, 0.717) is 11.8 Å². The first kappa shape index (κ1) is 20.2. The van der Waals surface area contributed by atoms with Gasteiger partial charge in [0, 0.05) is 43.7 Å². The van der Waals surface area contributed by atoms with Gasteiger partial charge in [0.25, 0.3) is 5.79 Å². The van der Waals surface area contributed by atoms with Gasteiger partial charge in [0.1, 0.15) is 0 Å². The lowest BCUT2D eigenvalue weighted by atomic mass is 9.94. The molecule has 3 fully saturated rings. The predicted molar refractivity (Wildman–Crippen MR) is 123 cm³/mol. The van der Waals surface area contributed by atoms with Gasteiger partial charge in [-0.05, 0) is 50.7 Å². The number of fused-ring (bicyclic) bond motifs is 1. The molecule has 170 valence electrons. The Balaban J connectivity index is 1.09. The lowest BCUT2D eigenvalue weighted by Crippen LogP contribution is -2.40. The van der Waals surface area contributed by atoms with Gasteiger partial charge in [0.15, 0.2) is 16.7 Å². The van der Waals surface area contributed by atoms with Crippen molar-refractivity contribution in [2.75, 3.05) is 29.1 Å². The van der Waals surface area contributed by atoms with Crippen molar-refractivity contribution < 1.29 is 14.3 Å². The summed E-state index contributed by atoms with van der Waals surface area (Å²) in [6.07, 6.45) is 10.1. The molecule has 0 unspecified atom stereocenters. The third-order valence-electron chi connectivity index (χ3n) is 6.71. The Morgan fingerprint density at radius 3 is 2.62 bits per heavy atom. The summed E-state index contributed by atoms with van der Waals surface area (Å²) >= 11 is 1.46. The molecule has 4 aliphatic rings. The molecular formula is C23H29N5O3S. The van der Waals surface area contributed by atoms with Gasteiger partial charge in [0.05, 0.1) is 5.75 Å². The second kappa shape index (κ2) is 8.17. The van der Waals surface area contributed by atoms with Crippen LogP contribution in [0.2, 0.25) is 0 Å². The first-order valence-corrected chi connectivity index (χ1v) is 12.8. The molecule has 1 saturated heterocycles. The van der Waals surface area contributed by atoms with Crippen molar-refractivity contribution in [2.45, 2.75) is 74.8 Å². The quantitative estimate of drug-likeness (QED) is 0.648. The van der Waals surface area contributed by atoms with E-state index in [1.165, 1.54) is 31.0 Å². The van der Waals surface area contributed by atoms with Gasteiger partial charge < -0.3 is 19.7 Å². The number of rotatable bonds is 6. The molecule has 9 heteroatoms. The second-order valence-electron chi connectivity index (χ2n) is 9.25. The molecule has 2 aliphatic carbocycles. The van der Waals surface area contributed by atoms with E-state index in [9.17, 15) is 4.79 Å². The predicted octanol–water partition coefficient (Wildman–Crippen LogP) is 4.38. The Labute approximate surface area is 192 Å². The first-order chi connectivity index (χ1) is 15.7. The van der Waals surface area contributed by atoms with E-state index >= 15 is 0 Å². The van der Waals surface area contributed by atoms with Gasteiger partial charge in [0.2, 0.25) is 11.9 Å². The number of ether oxygens (including phenoxy) is 2. The van der Waals surface area contributed by atoms with E-state index in [1.807, 2.05) is 18.2 Å². The zero-order chi connectivity index (χ0) is 21.5. The van der Waals surface area contributed by atoms with Crippen LogP contribution in [0.15, 0.2) is 23.4 Å². The number of hydrogen-bond donors (Lipinski definition) is 1. The van der Waals surface area contributed by atoms with Gasteiger partial charge in [-0.15, -0.1) is 10.2 Å². The van der Waals surface area contributed by atoms with E-state index in [-0.39, 0.29) is 5.91 Å². The average molecular weight is 456 g/mol. The highest BCUT2D eigenvalue weighted by Gasteiger charge is 2.42. The fourth-order valence-corrected chi connectivity index (χ4v) is 5.75. The molecule has 2 saturated carbocycles. The summed E-state index contributed by atoms with van der Waals surface area (Å²) in [4.78, 5) is 15.0. The average Bonchev–Trinajstić information content (AvgIpc) is 3.19. The molecule has 0 bridgehead atoms. The number of hydrogen-bond acceptors (Lipinski definition) is 7. The molecule has 3 heterocycles. The van der Waals surface area contributed by atoms with Crippen molar-refractivity contribution in [3.8, 4) is 11.5 Å². The topological polar surface area (TPSA) is 81.5 Å². The Kier molecular flexibility index (Phi) is 5.16. The molecule has 0 atom stereocenters. The van der Waals surface area contributed by atoms with Crippen LogP contribution in [-0.4, -0.2) is 45.3 Å². The Morgan fingerprint density at radius 2 is 1.84 bits per heavy atom. The minimum atomic E-state index is -0.501.